The topological polar surface area (TPSA) is 70.7 Å². The number of benzene rings is 1. The van der Waals surface area contributed by atoms with E-state index in [1.165, 1.54) is 11.8 Å². The van der Waals surface area contributed by atoms with Crippen LogP contribution < -0.4 is 9.47 Å². The number of hydrogen-bond acceptors (Lipinski definition) is 6. The molecule has 4 aromatic rings. The highest BCUT2D eigenvalue weighted by molar-refractivity contribution is 7.99. The van der Waals surface area contributed by atoms with Crippen LogP contribution in [0.3, 0.4) is 0 Å². The first-order valence-electron chi connectivity index (χ1n) is 9.61. The third-order valence-corrected chi connectivity index (χ3v) is 6.21. The zero-order valence-corrected chi connectivity index (χ0v) is 17.5. The first kappa shape index (κ1) is 18.7. The standard InChI is InChI=1S/C22H20N4O3S/c1-14-9-17(18(27)12-30-22-24-23-21-5-3-4-8-25(21)22)15(2)26(14)11-16-6-7-19-20(10-16)29-13-28-19/h3-10H,11-13H2,1-2H3. The monoisotopic (exact) mass is 420 g/mol. The third-order valence-electron chi connectivity index (χ3n) is 5.27. The second-order valence-electron chi connectivity index (χ2n) is 7.18. The van der Waals surface area contributed by atoms with Gasteiger partial charge in [0.05, 0.1) is 5.75 Å². The molecule has 152 valence electrons. The summed E-state index contributed by atoms with van der Waals surface area (Å²) in [5.41, 5.74) is 4.63. The molecule has 4 heterocycles. The van der Waals surface area contributed by atoms with Crippen LogP contribution in [0.5, 0.6) is 11.5 Å². The fourth-order valence-electron chi connectivity index (χ4n) is 3.67. The van der Waals surface area contributed by atoms with Gasteiger partial charge in [0.25, 0.3) is 0 Å². The SMILES string of the molecule is Cc1cc(C(=O)CSc2nnc3ccccn23)c(C)n1Cc1ccc2c(c1)OCO2. The minimum Gasteiger partial charge on any atom is -0.454 e. The average Bonchev–Trinajstić information content (AvgIpc) is 3.45. The van der Waals surface area contributed by atoms with E-state index in [0.29, 0.717) is 17.5 Å². The number of aromatic nitrogens is 4. The quantitative estimate of drug-likeness (QED) is 0.348. The van der Waals surface area contributed by atoms with E-state index in [-0.39, 0.29) is 12.6 Å². The first-order valence-corrected chi connectivity index (χ1v) is 10.6. The number of thioether (sulfide) groups is 1. The molecule has 0 atom stereocenters. The normalized spacial score (nSPS) is 12.6. The van der Waals surface area contributed by atoms with Gasteiger partial charge in [0.1, 0.15) is 0 Å². The number of aryl methyl sites for hydroxylation is 1. The van der Waals surface area contributed by atoms with E-state index in [1.807, 2.05) is 66.9 Å². The Kier molecular flexibility index (Phi) is 4.71. The minimum atomic E-state index is 0.0812. The second kappa shape index (κ2) is 7.53. The molecule has 0 saturated carbocycles. The molecule has 0 fully saturated rings. The maximum absolute atomic E-state index is 12.9. The van der Waals surface area contributed by atoms with Crippen molar-refractivity contribution in [3.63, 3.8) is 0 Å². The average molecular weight is 420 g/mol. The van der Waals surface area contributed by atoms with Gasteiger partial charge in [0, 0.05) is 29.7 Å². The van der Waals surface area contributed by atoms with Gasteiger partial charge in [-0.25, -0.2) is 0 Å². The van der Waals surface area contributed by atoms with Crippen LogP contribution in [0.4, 0.5) is 0 Å². The molecule has 1 aromatic carbocycles. The Morgan fingerprint density at radius 2 is 1.97 bits per heavy atom. The zero-order valence-electron chi connectivity index (χ0n) is 16.7. The summed E-state index contributed by atoms with van der Waals surface area (Å²) >= 11 is 1.40. The Labute approximate surface area is 177 Å². The summed E-state index contributed by atoms with van der Waals surface area (Å²) in [7, 11) is 0. The number of carbonyl (C=O) groups excluding carboxylic acids is 1. The number of Topliss-reactive ketones (excluding diaryl/α,β-unsaturated/α-hetero) is 1. The Hall–Kier alpha value is -3.26. The molecular weight excluding hydrogens is 400 g/mol. The molecule has 7 nitrogen and oxygen atoms in total. The van der Waals surface area contributed by atoms with Crippen molar-refractivity contribution < 1.29 is 14.3 Å². The van der Waals surface area contributed by atoms with Crippen molar-refractivity contribution in [1.82, 2.24) is 19.2 Å². The van der Waals surface area contributed by atoms with Gasteiger partial charge in [0.2, 0.25) is 6.79 Å². The minimum absolute atomic E-state index is 0.0812. The lowest BCUT2D eigenvalue weighted by molar-refractivity contribution is 0.102. The van der Waals surface area contributed by atoms with E-state index in [9.17, 15) is 4.79 Å². The van der Waals surface area contributed by atoms with Crippen LogP contribution in [0.15, 0.2) is 53.8 Å². The van der Waals surface area contributed by atoms with Crippen LogP contribution in [0, 0.1) is 13.8 Å². The molecule has 0 radical (unpaired) electrons. The summed E-state index contributed by atoms with van der Waals surface area (Å²) in [5, 5.41) is 9.04. The summed E-state index contributed by atoms with van der Waals surface area (Å²) in [6.45, 7) is 4.95. The molecule has 3 aromatic heterocycles. The molecule has 1 aliphatic heterocycles. The van der Waals surface area contributed by atoms with Crippen molar-refractivity contribution in [2.24, 2.45) is 0 Å². The molecule has 0 N–H and O–H groups in total. The lowest BCUT2D eigenvalue weighted by atomic mass is 10.1. The Morgan fingerprint density at radius 3 is 2.87 bits per heavy atom. The number of carbonyl (C=O) groups is 1. The van der Waals surface area contributed by atoms with Crippen molar-refractivity contribution >= 4 is 23.2 Å². The van der Waals surface area contributed by atoms with E-state index in [0.717, 1.165) is 39.7 Å². The van der Waals surface area contributed by atoms with Crippen molar-refractivity contribution in [1.29, 1.82) is 0 Å². The fraction of sp³-hybridized carbons (Fsp3) is 0.227. The molecule has 0 aliphatic carbocycles. The van der Waals surface area contributed by atoms with E-state index in [1.54, 1.807) is 0 Å². The first-order chi connectivity index (χ1) is 14.6. The lowest BCUT2D eigenvalue weighted by Crippen LogP contribution is -2.08. The molecule has 5 rings (SSSR count). The largest absolute Gasteiger partial charge is 0.454 e. The van der Waals surface area contributed by atoms with E-state index in [2.05, 4.69) is 14.8 Å². The number of nitrogens with zero attached hydrogens (tertiary/aromatic N) is 4. The lowest BCUT2D eigenvalue weighted by Gasteiger charge is -2.10. The van der Waals surface area contributed by atoms with E-state index < -0.39 is 0 Å². The number of ether oxygens (including phenoxy) is 2. The molecule has 0 bridgehead atoms. The smallest absolute Gasteiger partial charge is 0.231 e. The number of hydrogen-bond donors (Lipinski definition) is 0. The maximum atomic E-state index is 12.9. The summed E-state index contributed by atoms with van der Waals surface area (Å²) in [6, 6.07) is 13.6. The molecule has 30 heavy (non-hydrogen) atoms. The van der Waals surface area contributed by atoms with Crippen LogP contribution >= 0.6 is 11.8 Å². The molecule has 1 aliphatic rings. The Morgan fingerprint density at radius 1 is 1.10 bits per heavy atom. The van der Waals surface area contributed by atoms with Crippen LogP contribution in [0.25, 0.3) is 5.65 Å². The third kappa shape index (κ3) is 3.33. The molecule has 8 heteroatoms. The van der Waals surface area contributed by atoms with Gasteiger partial charge in [0.15, 0.2) is 28.1 Å². The van der Waals surface area contributed by atoms with Gasteiger partial charge < -0.3 is 14.0 Å². The van der Waals surface area contributed by atoms with E-state index >= 15 is 0 Å². The molecule has 0 spiro atoms. The number of fused-ring (bicyclic) bond motifs is 2. The summed E-state index contributed by atoms with van der Waals surface area (Å²) in [6.07, 6.45) is 1.90. The number of rotatable bonds is 6. The predicted octanol–water partition coefficient (Wildman–Crippen LogP) is 3.90. The van der Waals surface area contributed by atoms with Gasteiger partial charge in [-0.15, -0.1) is 10.2 Å². The maximum Gasteiger partial charge on any atom is 0.231 e. The van der Waals surface area contributed by atoms with Crippen molar-refractivity contribution in [2.75, 3.05) is 12.5 Å². The van der Waals surface area contributed by atoms with Crippen molar-refractivity contribution in [3.8, 4) is 11.5 Å². The fourth-order valence-corrected chi connectivity index (χ4v) is 4.48. The predicted molar refractivity (Wildman–Crippen MR) is 114 cm³/mol. The van der Waals surface area contributed by atoms with Crippen molar-refractivity contribution in [2.45, 2.75) is 25.5 Å². The van der Waals surface area contributed by atoms with Crippen LogP contribution in [-0.4, -0.2) is 37.5 Å². The van der Waals surface area contributed by atoms with Crippen molar-refractivity contribution in [3.05, 3.63) is 71.2 Å². The Balaban J connectivity index is 1.33. The highest BCUT2D eigenvalue weighted by Crippen LogP contribution is 2.33. The highest BCUT2D eigenvalue weighted by Gasteiger charge is 2.19. The zero-order chi connectivity index (χ0) is 20.7. The van der Waals surface area contributed by atoms with Gasteiger partial charge in [-0.1, -0.05) is 23.9 Å². The van der Waals surface area contributed by atoms with Gasteiger partial charge in [-0.3, -0.25) is 9.20 Å². The highest BCUT2D eigenvalue weighted by atomic mass is 32.2. The van der Waals surface area contributed by atoms with Crippen LogP contribution in [0.2, 0.25) is 0 Å². The molecular formula is C22H20N4O3S. The van der Waals surface area contributed by atoms with Gasteiger partial charge >= 0.3 is 0 Å². The Bertz CT molecular complexity index is 1260. The molecule has 0 unspecified atom stereocenters. The number of ketones is 1. The van der Waals surface area contributed by atoms with Crippen LogP contribution in [-0.2, 0) is 6.54 Å². The summed E-state index contributed by atoms with van der Waals surface area (Å²) in [5.74, 6) is 1.93. The second-order valence-corrected chi connectivity index (χ2v) is 8.12. The number of pyridine rings is 1. The molecule has 0 amide bonds. The van der Waals surface area contributed by atoms with Gasteiger partial charge in [-0.2, -0.15) is 0 Å². The molecule has 0 saturated heterocycles. The van der Waals surface area contributed by atoms with E-state index in [4.69, 9.17) is 9.47 Å². The summed E-state index contributed by atoms with van der Waals surface area (Å²) in [4.78, 5) is 12.9. The summed E-state index contributed by atoms with van der Waals surface area (Å²) < 4.78 is 14.9. The van der Waals surface area contributed by atoms with Crippen LogP contribution in [0.1, 0.15) is 27.3 Å². The van der Waals surface area contributed by atoms with Gasteiger partial charge in [-0.05, 0) is 49.7 Å².